The van der Waals surface area contributed by atoms with Crippen molar-refractivity contribution in [3.8, 4) is 33.4 Å². The van der Waals surface area contributed by atoms with Gasteiger partial charge in [-0.2, -0.15) is 0 Å². The van der Waals surface area contributed by atoms with Crippen LogP contribution in [-0.2, 0) is 64.6 Å². The summed E-state index contributed by atoms with van der Waals surface area (Å²) in [6, 6.07) is 38.5. The Kier molecular flexibility index (Phi) is 21.8. The molecule has 1 amide bonds. The standard InChI is InChI=1S/C26H27FN2O4.C22H20FN3O3S.C20H16FN3O.C2H5ClO2S/c1-16-6-11-20(24(31)17-7-9-19(27)10-8-17)21(12-16)22-15-29(5)23(30)13-18(22)14-28-25(32)33-26(2,3)4;1-3-30(28,29)25-17-8-9-18-19(11-17)20-13-26(2)21(27)10-15(20)12-24-22(18)14-4-6-16(23)7-5-14;1-24-11-18-13(8-19(24)25)10-23-20(12-2-4-14(21)5-3-12)16-7-6-15(22)9-17(16)18;1-2-6(3,4)5/h6-13,15H,14H2,1-5H3,(H,28,32);4-11,13,25H,3,12H2,1-2H3;2-9,11H,10,22H2,1H3;2H2,1H3. The monoisotopic (exact) mass is 1340 g/mol. The second-order valence-corrected chi connectivity index (χ2v) is 28.0. The largest absolute Gasteiger partial charge is 0.444 e. The molecule has 2 aliphatic heterocycles. The molecule has 6 aromatic carbocycles. The predicted molar refractivity (Wildman–Crippen MR) is 363 cm³/mol. The van der Waals surface area contributed by atoms with E-state index < -0.39 is 36.6 Å². The lowest BCUT2D eigenvalue weighted by atomic mass is 9.91. The summed E-state index contributed by atoms with van der Waals surface area (Å²) in [4.78, 5) is 71.4. The number of hydrogen-bond donors (Lipinski definition) is 3. The minimum absolute atomic E-state index is 0.00849. The Morgan fingerprint density at radius 3 is 1.51 bits per heavy atom. The maximum atomic E-state index is 13.4. The first-order valence-corrected chi connectivity index (χ1v) is 33.5. The quantitative estimate of drug-likeness (QED) is 0.0623. The summed E-state index contributed by atoms with van der Waals surface area (Å²) < 4.78 is 96.0. The molecule has 0 unspecified atom stereocenters. The zero-order chi connectivity index (χ0) is 68.6. The molecule has 0 radical (unpaired) electrons. The molecule has 0 aliphatic carbocycles. The number of amides is 1. The van der Waals surface area contributed by atoms with Gasteiger partial charge >= 0.3 is 6.09 Å². The normalized spacial score (nSPS) is 12.3. The summed E-state index contributed by atoms with van der Waals surface area (Å²) >= 11 is 0. The van der Waals surface area contributed by atoms with E-state index >= 15 is 0 Å². The van der Waals surface area contributed by atoms with Gasteiger partial charge in [-0.25, -0.2) is 34.8 Å². The van der Waals surface area contributed by atoms with E-state index in [1.165, 1.54) is 70.7 Å². The number of anilines is 2. The van der Waals surface area contributed by atoms with Gasteiger partial charge in [-0.1, -0.05) is 42.8 Å². The third kappa shape index (κ3) is 17.8. The molecule has 5 heterocycles. The lowest BCUT2D eigenvalue weighted by Gasteiger charge is -2.20. The van der Waals surface area contributed by atoms with Crippen LogP contribution < -0.4 is 32.5 Å². The van der Waals surface area contributed by atoms with Crippen LogP contribution in [0.4, 0.5) is 29.3 Å². The molecule has 0 spiro atoms. The van der Waals surface area contributed by atoms with Crippen LogP contribution in [0.1, 0.15) is 95.0 Å². The summed E-state index contributed by atoms with van der Waals surface area (Å²) in [5.41, 5.74) is 19.0. The molecule has 0 atom stereocenters. The Morgan fingerprint density at radius 2 is 1.03 bits per heavy atom. The first kappa shape index (κ1) is 69.9. The minimum Gasteiger partial charge on any atom is -0.444 e. The van der Waals surface area contributed by atoms with Gasteiger partial charge in [-0.15, -0.1) is 0 Å². The molecule has 94 heavy (non-hydrogen) atoms. The number of fused-ring (bicyclic) bond motifs is 6. The van der Waals surface area contributed by atoms with Crippen molar-refractivity contribution in [1.29, 1.82) is 0 Å². The topological polar surface area (TPSA) is 252 Å². The van der Waals surface area contributed by atoms with Gasteiger partial charge in [-0.05, 0) is 165 Å². The number of ketones is 1. The number of aryl methyl sites for hydroxylation is 4. The average molecular weight is 1340 g/mol. The van der Waals surface area contributed by atoms with Crippen molar-refractivity contribution in [1.82, 2.24) is 19.0 Å². The van der Waals surface area contributed by atoms with Crippen LogP contribution in [0.15, 0.2) is 189 Å². The minimum atomic E-state index is -3.45. The number of rotatable bonds is 11. The number of nitrogen functional groups attached to an aromatic ring is 1. The average Bonchev–Trinajstić information content (AvgIpc) is 1.52. The van der Waals surface area contributed by atoms with E-state index in [0.29, 0.717) is 51.4 Å². The molecule has 0 fully saturated rings. The molecule has 11 rings (SSSR count). The number of sulfonamides is 1. The SMILES string of the molecule is CCS(=O)(=O)Cl.CCS(=O)(=O)Nc1ccc2c(c1)-c1cn(C)c(=O)cc1CN=C2c1ccc(F)cc1.Cc1ccc(C(=O)c2ccc(F)cc2)c(-c2cn(C)c(=O)cc2CNC(=O)OC(C)(C)C)c1.Cn1cc2c(cc1=O)CN=C(c1ccc(F)cc1)c1ccc(N)cc1-2. The van der Waals surface area contributed by atoms with Crippen molar-refractivity contribution in [2.75, 3.05) is 22.0 Å². The Hall–Kier alpha value is -9.97. The number of pyridine rings is 3. The fraction of sp³-hybridized carbons (Fsp3) is 0.214. The number of nitrogens with zero attached hydrogens (tertiary/aromatic N) is 5. The second-order valence-electron chi connectivity index (χ2n) is 23.0. The highest BCUT2D eigenvalue weighted by molar-refractivity contribution is 8.13. The molecule has 2 aliphatic rings. The first-order chi connectivity index (χ1) is 44.3. The second kappa shape index (κ2) is 29.3. The maximum Gasteiger partial charge on any atom is 0.407 e. The molecular formula is C70H68ClF3N8O10S2. The first-order valence-electron chi connectivity index (χ1n) is 29.4. The van der Waals surface area contributed by atoms with Crippen molar-refractivity contribution in [3.05, 3.63) is 268 Å². The van der Waals surface area contributed by atoms with E-state index in [0.717, 1.165) is 66.9 Å². The number of halogens is 4. The van der Waals surface area contributed by atoms with Gasteiger partial charge in [0.15, 0.2) is 5.78 Å². The van der Waals surface area contributed by atoms with Crippen molar-refractivity contribution in [2.24, 2.45) is 31.1 Å². The molecule has 0 saturated carbocycles. The van der Waals surface area contributed by atoms with Gasteiger partial charge < -0.3 is 29.5 Å². The van der Waals surface area contributed by atoms with E-state index in [4.69, 9.17) is 20.5 Å². The molecule has 9 aromatic rings. The van der Waals surface area contributed by atoms with Gasteiger partial charge in [0, 0.05) is 137 Å². The molecule has 24 heteroatoms. The number of carbonyl (C=O) groups is 2. The molecule has 4 N–H and O–H groups in total. The van der Waals surface area contributed by atoms with Crippen LogP contribution in [0.3, 0.4) is 0 Å². The lowest BCUT2D eigenvalue weighted by molar-refractivity contribution is 0.0523. The van der Waals surface area contributed by atoms with Crippen molar-refractivity contribution >= 4 is 64.4 Å². The number of ether oxygens (including phenoxy) is 1. The zero-order valence-corrected chi connectivity index (χ0v) is 55.2. The molecule has 18 nitrogen and oxygen atoms in total. The number of aromatic nitrogens is 3. The number of nitrogens with two attached hydrogens (primary N) is 1. The van der Waals surface area contributed by atoms with Crippen LogP contribution >= 0.6 is 10.7 Å². The third-order valence-corrected chi connectivity index (χ3v) is 17.4. The summed E-state index contributed by atoms with van der Waals surface area (Å²) in [6.07, 6.45) is 4.59. The molecular weight excluding hydrogens is 1270 g/mol. The summed E-state index contributed by atoms with van der Waals surface area (Å²) in [7, 11) is 3.06. The number of benzene rings is 6. The third-order valence-electron chi connectivity index (χ3n) is 14.8. The van der Waals surface area contributed by atoms with Crippen LogP contribution in [-0.4, -0.2) is 70.9 Å². The molecule has 3 aromatic heterocycles. The zero-order valence-electron chi connectivity index (χ0n) is 52.8. The molecule has 488 valence electrons. The van der Waals surface area contributed by atoms with Crippen LogP contribution in [0.25, 0.3) is 33.4 Å². The number of alkyl carbamates (subject to hydrolysis) is 1. The van der Waals surface area contributed by atoms with Gasteiger partial charge in [0.05, 0.1) is 36.0 Å². The van der Waals surface area contributed by atoms with Crippen LogP contribution in [0.2, 0.25) is 0 Å². The molecule has 0 bridgehead atoms. The Morgan fingerprint density at radius 1 is 0.574 bits per heavy atom. The highest BCUT2D eigenvalue weighted by Gasteiger charge is 2.25. The Labute approximate surface area is 546 Å². The summed E-state index contributed by atoms with van der Waals surface area (Å²) in [5, 5.41) is 2.68. The molecule has 0 saturated heterocycles. The van der Waals surface area contributed by atoms with Gasteiger partial charge in [0.1, 0.15) is 23.1 Å². The van der Waals surface area contributed by atoms with Gasteiger partial charge in [0.2, 0.25) is 19.1 Å². The van der Waals surface area contributed by atoms with E-state index in [-0.39, 0.29) is 58.7 Å². The Balaban J connectivity index is 0.000000174. The highest BCUT2D eigenvalue weighted by Crippen LogP contribution is 2.36. The number of hydrogen-bond acceptors (Lipinski definition) is 13. The summed E-state index contributed by atoms with van der Waals surface area (Å²) in [5.74, 6) is -1.37. The van der Waals surface area contributed by atoms with E-state index in [1.807, 2.05) is 43.5 Å². The fourth-order valence-corrected chi connectivity index (χ4v) is 10.6. The number of carbonyl (C=O) groups excluding carboxylic acids is 2. The van der Waals surface area contributed by atoms with E-state index in [1.54, 1.807) is 126 Å². The number of aliphatic imine (C=N–C) groups is 2. The van der Waals surface area contributed by atoms with Crippen LogP contribution in [0, 0.1) is 24.4 Å². The van der Waals surface area contributed by atoms with Crippen molar-refractivity contribution in [2.45, 2.75) is 66.8 Å². The summed E-state index contributed by atoms with van der Waals surface area (Å²) in [6.45, 7) is 10.9. The van der Waals surface area contributed by atoms with Gasteiger partial charge in [0.25, 0.3) is 16.7 Å². The van der Waals surface area contributed by atoms with Gasteiger partial charge in [-0.3, -0.25) is 33.9 Å². The number of nitrogens with one attached hydrogen (secondary N) is 2. The predicted octanol–water partition coefficient (Wildman–Crippen LogP) is 11.8. The smallest absolute Gasteiger partial charge is 0.407 e. The van der Waals surface area contributed by atoms with E-state index in [2.05, 4.69) is 20.7 Å². The van der Waals surface area contributed by atoms with Crippen molar-refractivity contribution in [3.63, 3.8) is 0 Å². The lowest BCUT2D eigenvalue weighted by Crippen LogP contribution is -2.32. The fourth-order valence-electron chi connectivity index (χ4n) is 9.95. The highest BCUT2D eigenvalue weighted by atomic mass is 35.7. The van der Waals surface area contributed by atoms with Crippen LogP contribution in [0.5, 0.6) is 0 Å². The maximum absolute atomic E-state index is 13.4. The van der Waals surface area contributed by atoms with E-state index in [9.17, 15) is 54.0 Å². The Bertz CT molecular complexity index is 4870. The van der Waals surface area contributed by atoms with Crippen molar-refractivity contribution < 1.29 is 44.3 Å².